The molecular weight excluding hydrogens is 284 g/mol. The summed E-state index contributed by atoms with van der Waals surface area (Å²) in [5.41, 5.74) is 0. The van der Waals surface area contributed by atoms with Gasteiger partial charge in [-0.3, -0.25) is 19.2 Å². The summed E-state index contributed by atoms with van der Waals surface area (Å²) < 4.78 is 18.0. The molecule has 0 saturated heterocycles. The van der Waals surface area contributed by atoms with E-state index in [2.05, 4.69) is 18.9 Å². The SMILES string of the molecule is COC(=O)C(CCCC(C(=O)OC)C(=O)OC)C(=O)OC. The Kier molecular flexibility index (Phi) is 8.75. The van der Waals surface area contributed by atoms with E-state index in [0.717, 1.165) is 28.4 Å². The Morgan fingerprint density at radius 3 is 1.05 bits per heavy atom. The summed E-state index contributed by atoms with van der Waals surface area (Å²) in [5.74, 6) is -5.08. The molecule has 0 aromatic heterocycles. The summed E-state index contributed by atoms with van der Waals surface area (Å²) in [6.07, 6.45) is 0.414. The standard InChI is InChI=1S/C13H20O8/c1-18-10(14)8(11(15)19-2)6-5-7-9(12(16)20-3)13(17)21-4/h8-9H,5-7H2,1-4H3. The van der Waals surface area contributed by atoms with E-state index in [4.69, 9.17) is 0 Å². The molecule has 0 aliphatic carbocycles. The molecule has 0 unspecified atom stereocenters. The highest BCUT2D eigenvalue weighted by Gasteiger charge is 2.31. The maximum Gasteiger partial charge on any atom is 0.320 e. The number of hydrogen-bond donors (Lipinski definition) is 0. The van der Waals surface area contributed by atoms with E-state index in [0.29, 0.717) is 0 Å². The lowest BCUT2D eigenvalue weighted by atomic mass is 9.96. The number of carbonyl (C=O) groups excluding carboxylic acids is 4. The molecule has 0 fully saturated rings. The number of hydrogen-bond acceptors (Lipinski definition) is 8. The minimum atomic E-state index is -1.09. The minimum Gasteiger partial charge on any atom is -0.468 e. The van der Waals surface area contributed by atoms with Crippen molar-refractivity contribution in [3.05, 3.63) is 0 Å². The van der Waals surface area contributed by atoms with E-state index in [1.807, 2.05) is 0 Å². The molecule has 0 aliphatic heterocycles. The summed E-state index contributed by atoms with van der Waals surface area (Å²) in [7, 11) is 4.63. The van der Waals surface area contributed by atoms with Crippen molar-refractivity contribution >= 4 is 23.9 Å². The predicted molar refractivity (Wildman–Crippen MR) is 68.9 cm³/mol. The predicted octanol–water partition coefficient (Wildman–Crippen LogP) is 0.0811. The van der Waals surface area contributed by atoms with E-state index in [-0.39, 0.29) is 19.3 Å². The molecule has 21 heavy (non-hydrogen) atoms. The molecule has 8 nitrogen and oxygen atoms in total. The lowest BCUT2D eigenvalue weighted by Crippen LogP contribution is -2.29. The average Bonchev–Trinajstić information content (AvgIpc) is 2.52. The van der Waals surface area contributed by atoms with Gasteiger partial charge in [-0.2, -0.15) is 0 Å². The van der Waals surface area contributed by atoms with Crippen LogP contribution in [0.25, 0.3) is 0 Å². The van der Waals surface area contributed by atoms with Crippen molar-refractivity contribution in [2.45, 2.75) is 19.3 Å². The highest BCUT2D eigenvalue weighted by Crippen LogP contribution is 2.18. The Hall–Kier alpha value is -2.12. The Morgan fingerprint density at radius 1 is 0.619 bits per heavy atom. The Labute approximate surface area is 122 Å². The van der Waals surface area contributed by atoms with E-state index >= 15 is 0 Å². The fraction of sp³-hybridized carbons (Fsp3) is 0.692. The maximum atomic E-state index is 11.5. The number of ether oxygens (including phenoxy) is 4. The van der Waals surface area contributed by atoms with Crippen molar-refractivity contribution in [2.75, 3.05) is 28.4 Å². The monoisotopic (exact) mass is 304 g/mol. The topological polar surface area (TPSA) is 105 Å². The molecule has 120 valence electrons. The number of carbonyl (C=O) groups is 4. The molecule has 0 amide bonds. The van der Waals surface area contributed by atoms with Crippen LogP contribution in [0, 0.1) is 11.8 Å². The summed E-state index contributed by atoms with van der Waals surface area (Å²) in [6, 6.07) is 0. The smallest absolute Gasteiger partial charge is 0.320 e. The van der Waals surface area contributed by atoms with Crippen LogP contribution in [0.4, 0.5) is 0 Å². The summed E-state index contributed by atoms with van der Waals surface area (Å²) >= 11 is 0. The first-order valence-electron chi connectivity index (χ1n) is 6.24. The Morgan fingerprint density at radius 2 is 0.857 bits per heavy atom. The van der Waals surface area contributed by atoms with Crippen LogP contribution in [0.1, 0.15) is 19.3 Å². The molecular formula is C13H20O8. The molecule has 0 rings (SSSR count). The summed E-state index contributed by atoms with van der Waals surface area (Å²) in [5, 5.41) is 0. The molecule has 0 heterocycles. The van der Waals surface area contributed by atoms with Crippen molar-refractivity contribution < 1.29 is 38.1 Å². The normalized spacial score (nSPS) is 10.2. The molecule has 8 heteroatoms. The number of esters is 4. The van der Waals surface area contributed by atoms with E-state index in [1.54, 1.807) is 0 Å². The van der Waals surface area contributed by atoms with Crippen molar-refractivity contribution in [1.29, 1.82) is 0 Å². The quantitative estimate of drug-likeness (QED) is 0.353. The molecule has 0 N–H and O–H groups in total. The van der Waals surface area contributed by atoms with Crippen LogP contribution >= 0.6 is 0 Å². The van der Waals surface area contributed by atoms with Crippen molar-refractivity contribution in [3.63, 3.8) is 0 Å². The van der Waals surface area contributed by atoms with Crippen LogP contribution in [-0.4, -0.2) is 52.3 Å². The van der Waals surface area contributed by atoms with Crippen LogP contribution in [0.3, 0.4) is 0 Å². The second-order valence-corrected chi connectivity index (χ2v) is 4.13. The second kappa shape index (κ2) is 9.73. The molecule has 0 saturated carbocycles. The fourth-order valence-corrected chi connectivity index (χ4v) is 1.76. The first-order valence-corrected chi connectivity index (χ1v) is 6.24. The molecule has 0 radical (unpaired) electrons. The molecule has 0 aliphatic rings. The van der Waals surface area contributed by atoms with Crippen molar-refractivity contribution in [1.82, 2.24) is 0 Å². The largest absolute Gasteiger partial charge is 0.468 e. The lowest BCUT2D eigenvalue weighted by molar-refractivity contribution is -0.159. The zero-order valence-corrected chi connectivity index (χ0v) is 12.5. The third kappa shape index (κ3) is 5.80. The van der Waals surface area contributed by atoms with Crippen LogP contribution in [-0.2, 0) is 38.1 Å². The van der Waals surface area contributed by atoms with E-state index in [9.17, 15) is 19.2 Å². The van der Waals surface area contributed by atoms with Gasteiger partial charge < -0.3 is 18.9 Å². The third-order valence-corrected chi connectivity index (χ3v) is 2.93. The van der Waals surface area contributed by atoms with Gasteiger partial charge in [-0.15, -0.1) is 0 Å². The van der Waals surface area contributed by atoms with Gasteiger partial charge in [0.05, 0.1) is 28.4 Å². The zero-order valence-electron chi connectivity index (χ0n) is 12.5. The van der Waals surface area contributed by atoms with Crippen molar-refractivity contribution in [3.8, 4) is 0 Å². The molecule has 0 aromatic carbocycles. The van der Waals surface area contributed by atoms with E-state index < -0.39 is 35.7 Å². The molecule has 0 aromatic rings. The van der Waals surface area contributed by atoms with Crippen LogP contribution in [0.15, 0.2) is 0 Å². The molecule has 0 atom stereocenters. The van der Waals surface area contributed by atoms with Gasteiger partial charge in [-0.25, -0.2) is 0 Å². The summed E-state index contributed by atoms with van der Waals surface area (Å²) in [6.45, 7) is 0. The van der Waals surface area contributed by atoms with Gasteiger partial charge in [-0.05, 0) is 12.8 Å². The number of rotatable bonds is 8. The fourth-order valence-electron chi connectivity index (χ4n) is 1.76. The summed E-state index contributed by atoms with van der Waals surface area (Å²) in [4.78, 5) is 45.8. The minimum absolute atomic E-state index is 0.0871. The Balaban J connectivity index is 4.65. The van der Waals surface area contributed by atoms with Gasteiger partial charge in [-0.1, -0.05) is 6.42 Å². The maximum absolute atomic E-state index is 11.5. The molecule has 0 bridgehead atoms. The zero-order chi connectivity index (χ0) is 16.4. The van der Waals surface area contributed by atoms with Crippen LogP contribution in [0.2, 0.25) is 0 Å². The Bertz CT molecular complexity index is 322. The van der Waals surface area contributed by atoms with Gasteiger partial charge in [0, 0.05) is 0 Å². The van der Waals surface area contributed by atoms with Crippen LogP contribution in [0.5, 0.6) is 0 Å². The first-order chi connectivity index (χ1) is 9.92. The first kappa shape index (κ1) is 18.9. The third-order valence-electron chi connectivity index (χ3n) is 2.93. The second-order valence-electron chi connectivity index (χ2n) is 4.13. The van der Waals surface area contributed by atoms with Gasteiger partial charge in [0.2, 0.25) is 0 Å². The van der Waals surface area contributed by atoms with Gasteiger partial charge in [0.15, 0.2) is 11.8 Å². The number of methoxy groups -OCH3 is 4. The van der Waals surface area contributed by atoms with Crippen LogP contribution < -0.4 is 0 Å². The van der Waals surface area contributed by atoms with Crippen molar-refractivity contribution in [2.24, 2.45) is 11.8 Å². The average molecular weight is 304 g/mol. The lowest BCUT2D eigenvalue weighted by Gasteiger charge is -2.15. The molecule has 0 spiro atoms. The van der Waals surface area contributed by atoms with Gasteiger partial charge in [0.25, 0.3) is 0 Å². The van der Waals surface area contributed by atoms with Gasteiger partial charge in [0.1, 0.15) is 0 Å². The van der Waals surface area contributed by atoms with E-state index in [1.165, 1.54) is 0 Å². The highest BCUT2D eigenvalue weighted by atomic mass is 16.5. The highest BCUT2D eigenvalue weighted by molar-refractivity contribution is 5.95. The van der Waals surface area contributed by atoms with Gasteiger partial charge >= 0.3 is 23.9 Å².